The Hall–Kier alpha value is -2.83. The largest absolute Gasteiger partial charge is 0.466 e. The van der Waals surface area contributed by atoms with Crippen LogP contribution in [0.2, 0.25) is 10.0 Å². The van der Waals surface area contributed by atoms with Crippen LogP contribution in [0.25, 0.3) is 0 Å². The molecule has 10 nitrogen and oxygen atoms in total. The number of benzene rings is 2. The number of nitrogens with zero attached hydrogens (tertiary/aromatic N) is 1. The van der Waals surface area contributed by atoms with E-state index in [1.54, 1.807) is 0 Å². The number of anilines is 1. The van der Waals surface area contributed by atoms with Gasteiger partial charge >= 0.3 is 5.97 Å². The van der Waals surface area contributed by atoms with Crippen LogP contribution in [-0.2, 0) is 24.4 Å². The maximum Gasteiger partial charge on any atom is 0.337 e. The fourth-order valence-corrected chi connectivity index (χ4v) is 4.16. The van der Waals surface area contributed by atoms with Gasteiger partial charge in [0, 0.05) is 17.6 Å². The van der Waals surface area contributed by atoms with Crippen LogP contribution in [0.5, 0.6) is 11.5 Å². The van der Waals surface area contributed by atoms with Crippen LogP contribution in [0.4, 0.5) is 5.69 Å². The number of esters is 1. The summed E-state index contributed by atoms with van der Waals surface area (Å²) in [6.07, 6.45) is 0. The molecule has 0 unspecified atom stereocenters. The van der Waals surface area contributed by atoms with Crippen molar-refractivity contribution in [1.82, 2.24) is 4.90 Å². The number of ether oxygens (including phenoxy) is 2. The van der Waals surface area contributed by atoms with Crippen molar-refractivity contribution in [3.8, 4) is 11.5 Å². The van der Waals surface area contributed by atoms with Crippen LogP contribution in [-0.4, -0.2) is 61.7 Å². The van der Waals surface area contributed by atoms with Crippen molar-refractivity contribution >= 4 is 50.9 Å². The summed E-state index contributed by atoms with van der Waals surface area (Å²) in [7, 11) is -3.66. The molecule has 0 saturated carbocycles. The average Bonchev–Trinajstić information content (AvgIpc) is 3.05. The van der Waals surface area contributed by atoms with Crippen LogP contribution >= 0.6 is 23.2 Å². The number of hydrogen-bond donors (Lipinski definition) is 3. The zero-order chi connectivity index (χ0) is 24.3. The van der Waals surface area contributed by atoms with E-state index in [-0.39, 0.29) is 53.2 Å². The molecule has 0 spiro atoms. The minimum Gasteiger partial charge on any atom is -0.466 e. The molecule has 1 amide bonds. The number of rotatable bonds is 8. The van der Waals surface area contributed by atoms with Crippen LogP contribution in [0.3, 0.4) is 0 Å². The predicted octanol–water partition coefficient (Wildman–Crippen LogP) is 2.71. The number of carbonyl (C=O) groups is 2. The van der Waals surface area contributed by atoms with E-state index < -0.39 is 26.9 Å². The zero-order valence-corrected chi connectivity index (χ0v) is 19.4. The fraction of sp³-hybridized carbons (Fsp3) is 0.200. The van der Waals surface area contributed by atoms with E-state index >= 15 is 0 Å². The number of aliphatic hydroxyl groups excluding tert-OH is 1. The van der Waals surface area contributed by atoms with Gasteiger partial charge in [0.15, 0.2) is 0 Å². The summed E-state index contributed by atoms with van der Waals surface area (Å²) >= 11 is 11.9. The zero-order valence-electron chi connectivity index (χ0n) is 17.0. The molecule has 0 aliphatic carbocycles. The molecule has 3 rings (SSSR count). The van der Waals surface area contributed by atoms with E-state index in [4.69, 9.17) is 37.8 Å². The highest BCUT2D eigenvalue weighted by molar-refractivity contribution is 7.86. The molecule has 2 aromatic carbocycles. The van der Waals surface area contributed by atoms with Crippen molar-refractivity contribution in [2.75, 3.05) is 32.1 Å². The molecule has 33 heavy (non-hydrogen) atoms. The standard InChI is InChI=1S/C20H18Cl2N2O8S/c1-31-20(27)13-10-24(6-7-25)19(26)18(13)23-15-4-3-12(9-17(15)33(28,29)30)32-16-5-2-11(21)8-14(16)22/h2-5,8-9,23,25H,6-7,10H2,1H3,(H,28,29,30). The monoisotopic (exact) mass is 516 g/mol. The molecule has 0 radical (unpaired) electrons. The van der Waals surface area contributed by atoms with E-state index in [0.717, 1.165) is 13.2 Å². The molecule has 176 valence electrons. The smallest absolute Gasteiger partial charge is 0.337 e. The molecular weight excluding hydrogens is 499 g/mol. The van der Waals surface area contributed by atoms with Gasteiger partial charge in [-0.1, -0.05) is 23.2 Å². The molecule has 1 heterocycles. The van der Waals surface area contributed by atoms with Crippen LogP contribution in [0, 0.1) is 0 Å². The van der Waals surface area contributed by atoms with Gasteiger partial charge in [0.1, 0.15) is 22.1 Å². The van der Waals surface area contributed by atoms with Crippen LogP contribution < -0.4 is 10.1 Å². The van der Waals surface area contributed by atoms with Crippen molar-refractivity contribution in [2.45, 2.75) is 4.90 Å². The first-order valence-electron chi connectivity index (χ1n) is 9.28. The third-order valence-electron chi connectivity index (χ3n) is 4.57. The highest BCUT2D eigenvalue weighted by Gasteiger charge is 2.35. The molecule has 0 bridgehead atoms. The van der Waals surface area contributed by atoms with E-state index in [1.807, 2.05) is 0 Å². The molecular formula is C20H18Cl2N2O8S. The Bertz CT molecular complexity index is 1250. The van der Waals surface area contributed by atoms with Crippen LogP contribution in [0.15, 0.2) is 52.6 Å². The van der Waals surface area contributed by atoms with Gasteiger partial charge in [-0.15, -0.1) is 0 Å². The van der Waals surface area contributed by atoms with Gasteiger partial charge in [-0.2, -0.15) is 8.42 Å². The quantitative estimate of drug-likeness (QED) is 0.356. The number of halogens is 2. The second kappa shape index (κ2) is 9.98. The number of amides is 1. The van der Waals surface area contributed by atoms with Gasteiger partial charge in [0.2, 0.25) is 0 Å². The van der Waals surface area contributed by atoms with Crippen molar-refractivity contribution in [3.05, 3.63) is 57.7 Å². The highest BCUT2D eigenvalue weighted by atomic mass is 35.5. The number of hydrogen-bond acceptors (Lipinski definition) is 8. The van der Waals surface area contributed by atoms with E-state index in [9.17, 15) is 22.6 Å². The Morgan fingerprint density at radius 3 is 2.55 bits per heavy atom. The predicted molar refractivity (Wildman–Crippen MR) is 119 cm³/mol. The van der Waals surface area contributed by atoms with Gasteiger partial charge in [0.25, 0.3) is 16.0 Å². The third-order valence-corrected chi connectivity index (χ3v) is 5.99. The molecule has 2 aromatic rings. The Labute approximate surface area is 199 Å². The summed E-state index contributed by atoms with van der Waals surface area (Å²) in [5.41, 5.74) is -0.497. The molecule has 0 atom stereocenters. The van der Waals surface area contributed by atoms with Gasteiger partial charge in [0.05, 0.1) is 36.5 Å². The van der Waals surface area contributed by atoms with Crippen molar-refractivity contribution in [2.24, 2.45) is 0 Å². The van der Waals surface area contributed by atoms with Crippen molar-refractivity contribution in [3.63, 3.8) is 0 Å². The second-order valence-electron chi connectivity index (χ2n) is 6.73. The SMILES string of the molecule is COC(=O)C1=C(Nc2ccc(Oc3ccc(Cl)cc3Cl)cc2S(=O)(=O)O)C(=O)N(CCO)C1. The minimum absolute atomic E-state index is 0.0132. The normalized spacial score (nSPS) is 14.0. The Kier molecular flexibility index (Phi) is 7.50. The second-order valence-corrected chi connectivity index (χ2v) is 8.96. The lowest BCUT2D eigenvalue weighted by Crippen LogP contribution is -2.31. The maximum atomic E-state index is 12.7. The molecule has 1 aliphatic rings. The summed E-state index contributed by atoms with van der Waals surface area (Å²) in [5, 5.41) is 12.3. The first kappa shape index (κ1) is 24.8. The average molecular weight is 517 g/mol. The summed E-state index contributed by atoms with van der Waals surface area (Å²) in [6.45, 7) is -0.542. The van der Waals surface area contributed by atoms with Gasteiger partial charge in [-0.05, 0) is 30.3 Å². The summed E-state index contributed by atoms with van der Waals surface area (Å²) in [4.78, 5) is 25.4. The minimum atomic E-state index is -4.79. The highest BCUT2D eigenvalue weighted by Crippen LogP contribution is 2.35. The van der Waals surface area contributed by atoms with E-state index in [0.29, 0.717) is 5.02 Å². The first-order valence-corrected chi connectivity index (χ1v) is 11.5. The topological polar surface area (TPSA) is 142 Å². The molecule has 13 heteroatoms. The van der Waals surface area contributed by atoms with Gasteiger partial charge in [-0.25, -0.2) is 4.79 Å². The van der Waals surface area contributed by atoms with Crippen molar-refractivity contribution < 1.29 is 37.1 Å². The fourth-order valence-electron chi connectivity index (χ4n) is 3.05. The Balaban J connectivity index is 2.00. The van der Waals surface area contributed by atoms with E-state index in [2.05, 4.69) is 5.32 Å². The lowest BCUT2D eigenvalue weighted by molar-refractivity contribution is -0.136. The van der Waals surface area contributed by atoms with Gasteiger partial charge in [-0.3, -0.25) is 9.35 Å². The number of β-amino-alcohol motifs (C(OH)–C–C–N with tert-alkyl or cyclic N) is 1. The Morgan fingerprint density at radius 1 is 1.21 bits per heavy atom. The summed E-state index contributed by atoms with van der Waals surface area (Å²) in [5.74, 6) is -1.26. The molecule has 0 saturated heterocycles. The summed E-state index contributed by atoms with van der Waals surface area (Å²) < 4.78 is 44.1. The molecule has 1 aliphatic heterocycles. The third kappa shape index (κ3) is 5.57. The number of nitrogens with one attached hydrogen (secondary N) is 1. The molecule has 0 fully saturated rings. The summed E-state index contributed by atoms with van der Waals surface area (Å²) in [6, 6.07) is 8.06. The van der Waals surface area contributed by atoms with Gasteiger partial charge < -0.3 is 24.8 Å². The number of carbonyl (C=O) groups excluding carboxylic acids is 2. The Morgan fingerprint density at radius 2 is 1.94 bits per heavy atom. The van der Waals surface area contributed by atoms with Crippen molar-refractivity contribution in [1.29, 1.82) is 0 Å². The molecule has 3 N–H and O–H groups in total. The number of aliphatic hydroxyl groups is 1. The molecule has 0 aromatic heterocycles. The van der Waals surface area contributed by atoms with E-state index in [1.165, 1.54) is 35.2 Å². The lowest BCUT2D eigenvalue weighted by atomic mass is 10.2. The van der Waals surface area contributed by atoms with Crippen LogP contribution in [0.1, 0.15) is 0 Å². The maximum absolute atomic E-state index is 12.7. The lowest BCUT2D eigenvalue weighted by Gasteiger charge is -2.16. The number of methoxy groups -OCH3 is 1. The first-order chi connectivity index (χ1) is 15.5.